The monoisotopic (exact) mass is 341 g/mol. The quantitative estimate of drug-likeness (QED) is 0.805. The first-order valence-electron chi connectivity index (χ1n) is 6.72. The highest BCUT2D eigenvalue weighted by Crippen LogP contribution is 2.21. The second kappa shape index (κ2) is 7.08. The lowest BCUT2D eigenvalue weighted by Gasteiger charge is -2.10. The third kappa shape index (κ3) is 3.96. The molecule has 6 nitrogen and oxygen atoms in total. The molecule has 0 bridgehead atoms. The van der Waals surface area contributed by atoms with Crippen molar-refractivity contribution < 1.29 is 13.2 Å². The van der Waals surface area contributed by atoms with Gasteiger partial charge in [-0.1, -0.05) is 0 Å². The number of sulfonamides is 1. The van der Waals surface area contributed by atoms with Crippen LogP contribution in [-0.4, -0.2) is 34.1 Å². The zero-order valence-corrected chi connectivity index (χ0v) is 14.3. The van der Waals surface area contributed by atoms with Gasteiger partial charge in [0, 0.05) is 25.4 Å². The molecule has 2 rings (SSSR count). The van der Waals surface area contributed by atoms with Gasteiger partial charge in [-0.25, -0.2) is 18.1 Å². The molecule has 2 N–H and O–H groups in total. The molecule has 22 heavy (non-hydrogen) atoms. The van der Waals surface area contributed by atoms with Gasteiger partial charge < -0.3 is 10.1 Å². The van der Waals surface area contributed by atoms with Crippen LogP contribution in [-0.2, 0) is 16.4 Å². The molecule has 0 aliphatic rings. The second-order valence-electron chi connectivity index (χ2n) is 4.67. The SMILES string of the molecule is CNc1nc(CCNS(=O)(=O)c2ccc(OC)cc2C)cs1. The molecule has 8 heteroatoms. The van der Waals surface area contributed by atoms with Crippen molar-refractivity contribution in [2.45, 2.75) is 18.2 Å². The number of nitrogens with zero attached hydrogens (tertiary/aromatic N) is 1. The number of nitrogens with one attached hydrogen (secondary N) is 2. The van der Waals surface area contributed by atoms with Crippen molar-refractivity contribution >= 4 is 26.5 Å². The van der Waals surface area contributed by atoms with Crippen LogP contribution in [0.4, 0.5) is 5.13 Å². The predicted octanol–water partition coefficient (Wildman–Crippen LogP) is 2.02. The number of ether oxygens (including phenoxy) is 1. The van der Waals surface area contributed by atoms with E-state index in [4.69, 9.17) is 4.74 Å². The molecule has 0 radical (unpaired) electrons. The second-order valence-corrected chi connectivity index (χ2v) is 7.27. The van der Waals surface area contributed by atoms with Crippen LogP contribution in [0.2, 0.25) is 0 Å². The third-order valence-electron chi connectivity index (χ3n) is 3.11. The molecule has 1 aromatic heterocycles. The highest BCUT2D eigenvalue weighted by atomic mass is 32.2. The Balaban J connectivity index is 2.01. The Morgan fingerprint density at radius 2 is 2.14 bits per heavy atom. The van der Waals surface area contributed by atoms with E-state index < -0.39 is 10.0 Å². The van der Waals surface area contributed by atoms with E-state index in [1.807, 2.05) is 5.38 Å². The van der Waals surface area contributed by atoms with Gasteiger partial charge in [-0.05, 0) is 30.7 Å². The van der Waals surface area contributed by atoms with Gasteiger partial charge >= 0.3 is 0 Å². The molecule has 0 fully saturated rings. The summed E-state index contributed by atoms with van der Waals surface area (Å²) in [6.45, 7) is 2.05. The van der Waals surface area contributed by atoms with Crippen LogP contribution in [0.1, 0.15) is 11.3 Å². The van der Waals surface area contributed by atoms with Crippen LogP contribution < -0.4 is 14.8 Å². The van der Waals surface area contributed by atoms with Crippen LogP contribution in [0.15, 0.2) is 28.5 Å². The molecule has 1 aromatic carbocycles. The van der Waals surface area contributed by atoms with Crippen LogP contribution in [0, 0.1) is 6.92 Å². The van der Waals surface area contributed by atoms with Gasteiger partial charge in [0.25, 0.3) is 0 Å². The molecule has 0 aliphatic heterocycles. The van der Waals surface area contributed by atoms with Crippen LogP contribution in [0.25, 0.3) is 0 Å². The Bertz CT molecular complexity index is 742. The normalized spacial score (nSPS) is 11.4. The fourth-order valence-electron chi connectivity index (χ4n) is 1.98. The summed E-state index contributed by atoms with van der Waals surface area (Å²) in [4.78, 5) is 4.58. The smallest absolute Gasteiger partial charge is 0.240 e. The van der Waals surface area contributed by atoms with Crippen LogP contribution >= 0.6 is 11.3 Å². The molecule has 1 heterocycles. The Hall–Kier alpha value is -1.64. The lowest BCUT2D eigenvalue weighted by Crippen LogP contribution is -2.26. The highest BCUT2D eigenvalue weighted by Gasteiger charge is 2.16. The molecule has 0 saturated carbocycles. The Morgan fingerprint density at radius 3 is 2.73 bits per heavy atom. The standard InChI is InChI=1S/C14H19N3O3S2/c1-10-8-12(20-3)4-5-13(10)22(18,19)16-7-6-11-9-21-14(15-2)17-11/h4-5,8-9,16H,6-7H2,1-3H3,(H,15,17). The summed E-state index contributed by atoms with van der Waals surface area (Å²) in [5, 5.41) is 5.69. The van der Waals surface area contributed by atoms with E-state index in [-0.39, 0.29) is 4.90 Å². The zero-order valence-electron chi connectivity index (χ0n) is 12.7. The van der Waals surface area contributed by atoms with Crippen molar-refractivity contribution in [1.29, 1.82) is 0 Å². The number of aromatic nitrogens is 1. The van der Waals surface area contributed by atoms with Crippen molar-refractivity contribution in [3.05, 3.63) is 34.8 Å². The Kier molecular flexibility index (Phi) is 5.38. The zero-order chi connectivity index (χ0) is 16.2. The summed E-state index contributed by atoms with van der Waals surface area (Å²) in [5.74, 6) is 0.638. The van der Waals surface area contributed by atoms with Gasteiger partial charge in [-0.3, -0.25) is 0 Å². The minimum Gasteiger partial charge on any atom is -0.497 e. The fraction of sp³-hybridized carbons (Fsp3) is 0.357. The van der Waals surface area contributed by atoms with Gasteiger partial charge in [0.15, 0.2) is 5.13 Å². The van der Waals surface area contributed by atoms with Crippen molar-refractivity contribution in [1.82, 2.24) is 9.71 Å². The number of aryl methyl sites for hydroxylation is 1. The minimum atomic E-state index is -3.53. The lowest BCUT2D eigenvalue weighted by atomic mass is 10.2. The van der Waals surface area contributed by atoms with Crippen LogP contribution in [0.5, 0.6) is 5.75 Å². The van der Waals surface area contributed by atoms with E-state index >= 15 is 0 Å². The number of anilines is 1. The first-order chi connectivity index (χ1) is 10.5. The highest BCUT2D eigenvalue weighted by molar-refractivity contribution is 7.89. The van der Waals surface area contributed by atoms with Gasteiger partial charge in [0.05, 0.1) is 17.7 Å². The van der Waals surface area contributed by atoms with E-state index in [0.717, 1.165) is 10.8 Å². The molecule has 0 amide bonds. The largest absolute Gasteiger partial charge is 0.497 e. The van der Waals surface area contributed by atoms with Gasteiger partial charge in [-0.2, -0.15) is 0 Å². The molecule has 0 atom stereocenters. The molecule has 0 aliphatic carbocycles. The molecular formula is C14H19N3O3S2. The molecule has 0 saturated heterocycles. The van der Waals surface area contributed by atoms with Crippen molar-refractivity contribution in [2.75, 3.05) is 26.0 Å². The van der Waals surface area contributed by atoms with E-state index in [1.165, 1.54) is 11.3 Å². The number of thiazole rings is 1. The predicted molar refractivity (Wildman–Crippen MR) is 88.3 cm³/mol. The van der Waals surface area contributed by atoms with Crippen molar-refractivity contribution in [2.24, 2.45) is 0 Å². The molecule has 0 unspecified atom stereocenters. The maximum Gasteiger partial charge on any atom is 0.240 e. The van der Waals surface area contributed by atoms with Gasteiger partial charge in [0.1, 0.15) is 5.75 Å². The van der Waals surface area contributed by atoms with E-state index in [2.05, 4.69) is 15.0 Å². The summed E-state index contributed by atoms with van der Waals surface area (Å²) in [6, 6.07) is 4.90. The molecule has 120 valence electrons. The average molecular weight is 341 g/mol. The van der Waals surface area contributed by atoms with Gasteiger partial charge in [-0.15, -0.1) is 11.3 Å². The Labute approximate surface area is 134 Å². The summed E-state index contributed by atoms with van der Waals surface area (Å²) < 4.78 is 32.3. The molecule has 0 spiro atoms. The topological polar surface area (TPSA) is 80.3 Å². The summed E-state index contributed by atoms with van der Waals surface area (Å²) in [6.07, 6.45) is 0.548. The van der Waals surface area contributed by atoms with Crippen molar-refractivity contribution in [3.8, 4) is 5.75 Å². The summed E-state index contributed by atoms with van der Waals surface area (Å²) in [5.41, 5.74) is 1.52. The molecular weight excluding hydrogens is 322 g/mol. The van der Waals surface area contributed by atoms with Gasteiger partial charge in [0.2, 0.25) is 10.0 Å². The summed E-state index contributed by atoms with van der Waals surface area (Å²) >= 11 is 1.50. The Morgan fingerprint density at radius 1 is 1.36 bits per heavy atom. The summed E-state index contributed by atoms with van der Waals surface area (Å²) in [7, 11) is -0.177. The van der Waals surface area contributed by atoms with Crippen LogP contribution in [0.3, 0.4) is 0 Å². The maximum atomic E-state index is 12.3. The van der Waals surface area contributed by atoms with E-state index in [1.54, 1.807) is 39.3 Å². The number of rotatable bonds is 7. The number of hydrogen-bond donors (Lipinski definition) is 2. The number of hydrogen-bond acceptors (Lipinski definition) is 6. The fourth-order valence-corrected chi connectivity index (χ4v) is 3.94. The number of methoxy groups -OCH3 is 1. The van der Waals surface area contributed by atoms with E-state index in [0.29, 0.717) is 24.3 Å². The maximum absolute atomic E-state index is 12.3. The first-order valence-corrected chi connectivity index (χ1v) is 9.09. The number of benzene rings is 1. The first kappa shape index (κ1) is 16.7. The molecule has 2 aromatic rings. The minimum absolute atomic E-state index is 0.266. The van der Waals surface area contributed by atoms with E-state index in [9.17, 15) is 8.42 Å². The lowest BCUT2D eigenvalue weighted by molar-refractivity contribution is 0.414. The average Bonchev–Trinajstić information content (AvgIpc) is 2.94. The van der Waals surface area contributed by atoms with Crippen molar-refractivity contribution in [3.63, 3.8) is 0 Å². The third-order valence-corrected chi connectivity index (χ3v) is 5.64.